The van der Waals surface area contributed by atoms with Crippen LogP contribution in [0.4, 0.5) is 17.6 Å². The van der Waals surface area contributed by atoms with E-state index in [0.29, 0.717) is 13.0 Å². The molecule has 0 saturated carbocycles. The predicted octanol–water partition coefficient (Wildman–Crippen LogP) is 6.35. The Balaban J connectivity index is 1.76. The summed E-state index contributed by atoms with van der Waals surface area (Å²) in [5, 5.41) is 0. The van der Waals surface area contributed by atoms with E-state index in [1.165, 1.54) is 24.6 Å². The third-order valence-electron chi connectivity index (χ3n) is 5.15. The summed E-state index contributed by atoms with van der Waals surface area (Å²) in [7, 11) is 0. The zero-order valence-corrected chi connectivity index (χ0v) is 14.9. The Hall–Kier alpha value is -1.88. The number of alkyl halides is 3. The molecule has 5 heteroatoms. The fourth-order valence-electron chi connectivity index (χ4n) is 3.57. The largest absolute Gasteiger partial charge is 0.419 e. The van der Waals surface area contributed by atoms with E-state index in [4.69, 9.17) is 4.74 Å². The number of rotatable bonds is 3. The molecule has 2 aromatic carbocycles. The number of benzene rings is 2. The molecule has 0 radical (unpaired) electrons. The van der Waals surface area contributed by atoms with Gasteiger partial charge in [0, 0.05) is 11.5 Å². The first kappa shape index (κ1) is 18.9. The van der Waals surface area contributed by atoms with E-state index >= 15 is 0 Å². The van der Waals surface area contributed by atoms with Crippen molar-refractivity contribution in [1.29, 1.82) is 0 Å². The average Bonchev–Trinajstić information content (AvgIpc) is 2.61. The molecule has 140 valence electrons. The lowest BCUT2D eigenvalue weighted by molar-refractivity contribution is -0.140. The third kappa shape index (κ3) is 3.78. The molecule has 1 aliphatic rings. The number of halogens is 4. The monoisotopic (exact) mass is 366 g/mol. The van der Waals surface area contributed by atoms with E-state index < -0.39 is 23.7 Å². The van der Waals surface area contributed by atoms with Crippen LogP contribution < -0.4 is 0 Å². The van der Waals surface area contributed by atoms with Crippen LogP contribution >= 0.6 is 0 Å². The van der Waals surface area contributed by atoms with Crippen molar-refractivity contribution in [2.24, 2.45) is 0 Å². The molecule has 0 amide bonds. The maximum Gasteiger partial charge on any atom is 0.419 e. The van der Waals surface area contributed by atoms with Crippen molar-refractivity contribution in [2.75, 3.05) is 6.61 Å². The highest BCUT2D eigenvalue weighted by molar-refractivity contribution is 5.36. The maximum atomic E-state index is 14.5. The second-order valence-corrected chi connectivity index (χ2v) is 6.85. The van der Waals surface area contributed by atoms with E-state index in [2.05, 4.69) is 31.2 Å². The van der Waals surface area contributed by atoms with E-state index in [-0.39, 0.29) is 17.0 Å². The van der Waals surface area contributed by atoms with Crippen LogP contribution in [-0.2, 0) is 17.3 Å². The minimum Gasteiger partial charge on any atom is -0.373 e. The van der Waals surface area contributed by atoms with Crippen molar-refractivity contribution in [2.45, 2.75) is 51.3 Å². The fourth-order valence-corrected chi connectivity index (χ4v) is 3.57. The van der Waals surface area contributed by atoms with Gasteiger partial charge in [-0.2, -0.15) is 13.2 Å². The molecule has 1 nitrogen and oxygen atoms in total. The Morgan fingerprint density at radius 1 is 1.04 bits per heavy atom. The van der Waals surface area contributed by atoms with Crippen molar-refractivity contribution >= 4 is 0 Å². The van der Waals surface area contributed by atoms with Crippen LogP contribution in [0, 0.1) is 12.7 Å². The first-order chi connectivity index (χ1) is 12.3. The van der Waals surface area contributed by atoms with Crippen LogP contribution in [0.25, 0.3) is 0 Å². The average molecular weight is 366 g/mol. The molecule has 0 N–H and O–H groups in total. The SMILES string of the molecule is CCc1ccc(C2CCC(c3ccc(C)c(C(F)(F)F)c3F)OC2)cc1. The summed E-state index contributed by atoms with van der Waals surface area (Å²) < 4.78 is 59.6. The molecule has 0 aromatic heterocycles. The molecule has 0 aliphatic carbocycles. The van der Waals surface area contributed by atoms with Gasteiger partial charge in [0.2, 0.25) is 0 Å². The summed E-state index contributed by atoms with van der Waals surface area (Å²) in [5.74, 6) is -1.01. The van der Waals surface area contributed by atoms with Crippen molar-refractivity contribution in [3.8, 4) is 0 Å². The first-order valence-electron chi connectivity index (χ1n) is 8.88. The van der Waals surface area contributed by atoms with Gasteiger partial charge >= 0.3 is 6.18 Å². The van der Waals surface area contributed by atoms with Gasteiger partial charge in [-0.05, 0) is 42.9 Å². The Morgan fingerprint density at radius 2 is 1.73 bits per heavy atom. The molecule has 2 atom stereocenters. The third-order valence-corrected chi connectivity index (χ3v) is 5.15. The van der Waals surface area contributed by atoms with Gasteiger partial charge in [0.05, 0.1) is 18.3 Å². The van der Waals surface area contributed by atoms with Gasteiger partial charge in [0.25, 0.3) is 0 Å². The number of aryl methyl sites for hydroxylation is 2. The maximum absolute atomic E-state index is 14.5. The normalized spacial score (nSPS) is 21.0. The molecule has 1 heterocycles. The molecule has 2 aromatic rings. The van der Waals surface area contributed by atoms with E-state index in [0.717, 1.165) is 18.4 Å². The van der Waals surface area contributed by atoms with Crippen molar-refractivity contribution in [3.63, 3.8) is 0 Å². The summed E-state index contributed by atoms with van der Waals surface area (Å²) in [4.78, 5) is 0. The van der Waals surface area contributed by atoms with Gasteiger partial charge in [-0.1, -0.05) is 43.3 Å². The number of hydrogen-bond donors (Lipinski definition) is 0. The molecule has 3 rings (SSSR count). The molecular weight excluding hydrogens is 344 g/mol. The zero-order valence-electron chi connectivity index (χ0n) is 14.9. The highest BCUT2D eigenvalue weighted by Gasteiger charge is 2.38. The molecule has 2 unspecified atom stereocenters. The van der Waals surface area contributed by atoms with Crippen LogP contribution in [0.5, 0.6) is 0 Å². The van der Waals surface area contributed by atoms with Gasteiger partial charge < -0.3 is 4.74 Å². The predicted molar refractivity (Wildman–Crippen MR) is 92.6 cm³/mol. The summed E-state index contributed by atoms with van der Waals surface area (Å²) in [6, 6.07) is 11.0. The lowest BCUT2D eigenvalue weighted by atomic mass is 9.88. The first-order valence-corrected chi connectivity index (χ1v) is 8.88. The van der Waals surface area contributed by atoms with E-state index in [1.54, 1.807) is 0 Å². The van der Waals surface area contributed by atoms with Gasteiger partial charge in [-0.15, -0.1) is 0 Å². The van der Waals surface area contributed by atoms with Crippen LogP contribution in [-0.4, -0.2) is 6.61 Å². The quantitative estimate of drug-likeness (QED) is 0.575. The minimum absolute atomic E-state index is 0.00251. The van der Waals surface area contributed by atoms with Gasteiger partial charge in [0.1, 0.15) is 5.82 Å². The summed E-state index contributed by atoms with van der Waals surface area (Å²) >= 11 is 0. The smallest absolute Gasteiger partial charge is 0.373 e. The highest BCUT2D eigenvalue weighted by Crippen LogP contribution is 2.40. The standard InChI is InChI=1S/C21H22F4O/c1-3-14-5-7-15(8-6-14)16-9-11-18(26-12-16)17-10-4-13(2)19(20(17)22)21(23,24)25/h4-8,10,16,18H,3,9,11-12H2,1-2H3. The van der Waals surface area contributed by atoms with Crippen LogP contribution in [0.1, 0.15) is 59.6 Å². The molecule has 0 spiro atoms. The molecular formula is C21H22F4O. The van der Waals surface area contributed by atoms with Crippen molar-refractivity contribution in [3.05, 3.63) is 70.0 Å². The molecule has 1 aliphatic heterocycles. The molecule has 26 heavy (non-hydrogen) atoms. The second kappa shape index (κ2) is 7.39. The molecule has 1 fully saturated rings. The lowest BCUT2D eigenvalue weighted by Gasteiger charge is -2.30. The van der Waals surface area contributed by atoms with Crippen LogP contribution in [0.15, 0.2) is 36.4 Å². The van der Waals surface area contributed by atoms with E-state index in [1.807, 2.05) is 0 Å². The van der Waals surface area contributed by atoms with Gasteiger partial charge in [-0.3, -0.25) is 0 Å². The summed E-state index contributed by atoms with van der Waals surface area (Å²) in [5.41, 5.74) is 1.12. The number of hydrogen-bond acceptors (Lipinski definition) is 1. The Bertz CT molecular complexity index is 757. The Kier molecular flexibility index (Phi) is 5.37. The topological polar surface area (TPSA) is 9.23 Å². The minimum atomic E-state index is -4.71. The molecule has 0 bridgehead atoms. The van der Waals surface area contributed by atoms with E-state index in [9.17, 15) is 17.6 Å². The van der Waals surface area contributed by atoms with Gasteiger partial charge in [0.15, 0.2) is 0 Å². The summed E-state index contributed by atoms with van der Waals surface area (Å²) in [6.07, 6.45) is -3.12. The zero-order chi connectivity index (χ0) is 18.9. The lowest BCUT2D eigenvalue weighted by Crippen LogP contribution is -2.21. The number of ether oxygens (including phenoxy) is 1. The fraction of sp³-hybridized carbons (Fsp3) is 0.429. The molecule has 1 saturated heterocycles. The van der Waals surface area contributed by atoms with Crippen molar-refractivity contribution in [1.82, 2.24) is 0 Å². The summed E-state index contributed by atoms with van der Waals surface area (Å²) in [6.45, 7) is 3.74. The second-order valence-electron chi connectivity index (χ2n) is 6.85. The Morgan fingerprint density at radius 3 is 2.27 bits per heavy atom. The Labute approximate surface area is 151 Å². The van der Waals surface area contributed by atoms with Gasteiger partial charge in [-0.25, -0.2) is 4.39 Å². The van der Waals surface area contributed by atoms with Crippen LogP contribution in [0.2, 0.25) is 0 Å². The highest BCUT2D eigenvalue weighted by atomic mass is 19.4. The van der Waals surface area contributed by atoms with Crippen LogP contribution in [0.3, 0.4) is 0 Å². The van der Waals surface area contributed by atoms with Crippen molar-refractivity contribution < 1.29 is 22.3 Å².